The van der Waals surface area contributed by atoms with Gasteiger partial charge in [0.15, 0.2) is 6.10 Å². The van der Waals surface area contributed by atoms with Gasteiger partial charge in [-0.2, -0.15) is 0 Å². The SMILES string of the molecule is O=Nc1ccc(O[C@@H]2OC(C(=O)O)[C@@H](O)C(O)C2O)cc1. The van der Waals surface area contributed by atoms with Crippen LogP contribution in [0.2, 0.25) is 0 Å². The first-order valence-corrected chi connectivity index (χ1v) is 5.96. The molecule has 0 bridgehead atoms. The Kier molecular flexibility index (Phi) is 4.48. The molecular weight excluding hydrogens is 286 g/mol. The van der Waals surface area contributed by atoms with Gasteiger partial charge in [-0.05, 0) is 29.4 Å². The second kappa shape index (κ2) is 6.14. The van der Waals surface area contributed by atoms with Gasteiger partial charge in [0, 0.05) is 0 Å². The quantitative estimate of drug-likeness (QED) is 0.537. The zero-order chi connectivity index (χ0) is 15.6. The van der Waals surface area contributed by atoms with Gasteiger partial charge >= 0.3 is 5.97 Å². The molecular formula is C12H13NO8. The Bertz CT molecular complexity index is 518. The van der Waals surface area contributed by atoms with Gasteiger partial charge < -0.3 is 29.9 Å². The Labute approximate surface area is 118 Å². The lowest BCUT2D eigenvalue weighted by molar-refractivity contribution is -0.271. The number of ether oxygens (including phenoxy) is 2. The van der Waals surface area contributed by atoms with Gasteiger partial charge in [0.05, 0.1) is 0 Å². The highest BCUT2D eigenvalue weighted by Crippen LogP contribution is 2.25. The highest BCUT2D eigenvalue weighted by Gasteiger charge is 2.48. The smallest absolute Gasteiger partial charge is 0.335 e. The number of nitroso groups, excluding NO2 is 1. The van der Waals surface area contributed by atoms with E-state index < -0.39 is 36.7 Å². The average molecular weight is 299 g/mol. The van der Waals surface area contributed by atoms with Crippen molar-refractivity contribution in [2.45, 2.75) is 30.7 Å². The molecule has 9 nitrogen and oxygen atoms in total. The summed E-state index contributed by atoms with van der Waals surface area (Å²) in [5.41, 5.74) is 0.159. The van der Waals surface area contributed by atoms with Crippen LogP contribution >= 0.6 is 0 Å². The van der Waals surface area contributed by atoms with Crippen molar-refractivity contribution in [3.8, 4) is 5.75 Å². The van der Waals surface area contributed by atoms with Gasteiger partial charge in [-0.3, -0.25) is 0 Å². The molecule has 1 aromatic rings. The summed E-state index contributed by atoms with van der Waals surface area (Å²) >= 11 is 0. The number of carboxylic acids is 1. The zero-order valence-electron chi connectivity index (χ0n) is 10.6. The summed E-state index contributed by atoms with van der Waals surface area (Å²) < 4.78 is 10.2. The van der Waals surface area contributed by atoms with E-state index in [1.54, 1.807) is 0 Å². The number of aliphatic hydroxyl groups is 3. The summed E-state index contributed by atoms with van der Waals surface area (Å²) in [5.74, 6) is -1.33. The van der Waals surface area contributed by atoms with Crippen LogP contribution in [0.15, 0.2) is 29.4 Å². The number of aliphatic hydroxyl groups excluding tert-OH is 3. The molecule has 3 unspecified atom stereocenters. The lowest BCUT2D eigenvalue weighted by Crippen LogP contribution is -2.61. The minimum absolute atomic E-state index is 0.159. The minimum Gasteiger partial charge on any atom is -0.479 e. The number of carboxylic acid groups (broad SMARTS) is 1. The first kappa shape index (κ1) is 15.3. The van der Waals surface area contributed by atoms with Crippen molar-refractivity contribution in [1.29, 1.82) is 0 Å². The summed E-state index contributed by atoms with van der Waals surface area (Å²) in [5, 5.41) is 40.5. The van der Waals surface area contributed by atoms with Gasteiger partial charge in [0.2, 0.25) is 6.29 Å². The number of hydrogen-bond acceptors (Lipinski definition) is 8. The van der Waals surface area contributed by atoms with Crippen molar-refractivity contribution in [2.24, 2.45) is 5.18 Å². The Morgan fingerprint density at radius 3 is 2.24 bits per heavy atom. The van der Waals surface area contributed by atoms with E-state index in [9.17, 15) is 25.0 Å². The third kappa shape index (κ3) is 3.16. The lowest BCUT2D eigenvalue weighted by Gasteiger charge is -2.38. The Morgan fingerprint density at radius 1 is 1.10 bits per heavy atom. The molecule has 21 heavy (non-hydrogen) atoms. The second-order valence-electron chi connectivity index (χ2n) is 4.44. The number of benzene rings is 1. The maximum Gasteiger partial charge on any atom is 0.335 e. The van der Waals surface area contributed by atoms with Crippen LogP contribution in [0, 0.1) is 4.91 Å². The molecule has 1 heterocycles. The molecule has 1 fully saturated rings. The molecule has 1 saturated heterocycles. The topological polar surface area (TPSA) is 146 Å². The normalized spacial score (nSPS) is 32.4. The van der Waals surface area contributed by atoms with Crippen LogP contribution in [-0.2, 0) is 9.53 Å². The maximum absolute atomic E-state index is 10.9. The summed E-state index contributed by atoms with van der Waals surface area (Å²) in [4.78, 5) is 21.2. The molecule has 0 aromatic heterocycles. The molecule has 0 saturated carbocycles. The van der Waals surface area contributed by atoms with Crippen molar-refractivity contribution in [1.82, 2.24) is 0 Å². The van der Waals surface area contributed by atoms with Gasteiger partial charge in [-0.25, -0.2) is 4.79 Å². The third-order valence-electron chi connectivity index (χ3n) is 3.01. The van der Waals surface area contributed by atoms with Gasteiger partial charge in [-0.15, -0.1) is 4.91 Å². The van der Waals surface area contributed by atoms with E-state index in [1.807, 2.05) is 0 Å². The standard InChI is InChI=1S/C12H13NO8/c14-7-8(15)10(11(17)18)21-12(9(7)16)20-6-3-1-5(13-19)2-4-6/h1-4,7-10,12,14-16H,(H,17,18)/t7?,8-,9?,10?,12+/m0/s1. The second-order valence-corrected chi connectivity index (χ2v) is 4.44. The van der Waals surface area contributed by atoms with Crippen molar-refractivity contribution >= 4 is 11.7 Å². The molecule has 1 aliphatic heterocycles. The Hall–Kier alpha value is -2.07. The molecule has 9 heteroatoms. The van der Waals surface area contributed by atoms with Crippen LogP contribution in [0.1, 0.15) is 0 Å². The van der Waals surface area contributed by atoms with Crippen LogP contribution in [0.5, 0.6) is 5.75 Å². The van der Waals surface area contributed by atoms with Crippen molar-refractivity contribution in [2.75, 3.05) is 0 Å². The minimum atomic E-state index is -1.78. The molecule has 0 radical (unpaired) electrons. The maximum atomic E-state index is 10.9. The van der Waals surface area contributed by atoms with E-state index in [0.29, 0.717) is 0 Å². The summed E-state index contributed by atoms with van der Waals surface area (Å²) in [6.07, 6.45) is -8.37. The van der Waals surface area contributed by atoms with Gasteiger partial charge in [0.25, 0.3) is 0 Å². The average Bonchev–Trinajstić information content (AvgIpc) is 2.48. The van der Waals surface area contributed by atoms with E-state index >= 15 is 0 Å². The molecule has 0 spiro atoms. The predicted molar refractivity (Wildman–Crippen MR) is 66.8 cm³/mol. The van der Waals surface area contributed by atoms with E-state index in [1.165, 1.54) is 24.3 Å². The first-order valence-electron chi connectivity index (χ1n) is 5.96. The molecule has 5 atom stereocenters. The fraction of sp³-hybridized carbons (Fsp3) is 0.417. The van der Waals surface area contributed by atoms with E-state index in [2.05, 4.69) is 5.18 Å². The predicted octanol–water partition coefficient (Wildman–Crippen LogP) is -0.645. The van der Waals surface area contributed by atoms with Crippen LogP contribution < -0.4 is 4.74 Å². The molecule has 1 aromatic carbocycles. The number of carbonyl (C=O) groups is 1. The zero-order valence-corrected chi connectivity index (χ0v) is 10.6. The summed E-state index contributed by atoms with van der Waals surface area (Å²) in [7, 11) is 0. The largest absolute Gasteiger partial charge is 0.479 e. The fourth-order valence-electron chi connectivity index (χ4n) is 1.87. The number of rotatable bonds is 4. The fourth-order valence-corrected chi connectivity index (χ4v) is 1.87. The van der Waals surface area contributed by atoms with Gasteiger partial charge in [0.1, 0.15) is 29.7 Å². The Balaban J connectivity index is 2.13. The molecule has 2 rings (SSSR count). The lowest BCUT2D eigenvalue weighted by atomic mass is 9.99. The van der Waals surface area contributed by atoms with Crippen LogP contribution in [0.4, 0.5) is 5.69 Å². The molecule has 4 N–H and O–H groups in total. The molecule has 114 valence electrons. The van der Waals surface area contributed by atoms with Gasteiger partial charge in [-0.1, -0.05) is 0 Å². The summed E-state index contributed by atoms with van der Waals surface area (Å²) in [6, 6.07) is 5.41. The van der Waals surface area contributed by atoms with Crippen LogP contribution in [-0.4, -0.2) is 57.1 Å². The number of nitrogens with zero attached hydrogens (tertiary/aromatic N) is 1. The van der Waals surface area contributed by atoms with Crippen molar-refractivity contribution in [3.63, 3.8) is 0 Å². The first-order chi connectivity index (χ1) is 9.93. The highest BCUT2D eigenvalue weighted by atomic mass is 16.7. The molecule has 0 aliphatic carbocycles. The number of aliphatic carboxylic acids is 1. The van der Waals surface area contributed by atoms with E-state index in [4.69, 9.17) is 14.6 Å². The van der Waals surface area contributed by atoms with Crippen molar-refractivity contribution < 1.29 is 34.7 Å². The van der Waals surface area contributed by atoms with Crippen LogP contribution in [0.25, 0.3) is 0 Å². The van der Waals surface area contributed by atoms with E-state index in [0.717, 1.165) is 0 Å². The van der Waals surface area contributed by atoms with Crippen LogP contribution in [0.3, 0.4) is 0 Å². The molecule has 1 aliphatic rings. The van der Waals surface area contributed by atoms with Crippen molar-refractivity contribution in [3.05, 3.63) is 29.2 Å². The monoisotopic (exact) mass is 299 g/mol. The van der Waals surface area contributed by atoms with E-state index in [-0.39, 0.29) is 11.4 Å². The Morgan fingerprint density at radius 2 is 1.71 bits per heavy atom. The highest BCUT2D eigenvalue weighted by molar-refractivity contribution is 5.73. The summed E-state index contributed by atoms with van der Waals surface area (Å²) in [6.45, 7) is 0. The number of hydrogen-bond donors (Lipinski definition) is 4. The molecule has 0 amide bonds. The third-order valence-corrected chi connectivity index (χ3v) is 3.01.